The minimum atomic E-state index is -0.202. The molecular weight excluding hydrogens is 264 g/mol. The van der Waals surface area contributed by atoms with Gasteiger partial charge in [0, 0.05) is 18.3 Å². The minimum absolute atomic E-state index is 0.00304. The first-order chi connectivity index (χ1) is 10.0. The zero-order chi connectivity index (χ0) is 15.4. The number of nitrogen functional groups attached to an aromatic ring is 1. The third-order valence-electron chi connectivity index (χ3n) is 3.41. The Hall–Kier alpha value is -2.49. The molecule has 0 bridgehead atoms. The van der Waals surface area contributed by atoms with Crippen LogP contribution in [0.15, 0.2) is 48.5 Å². The van der Waals surface area contributed by atoms with Crippen molar-refractivity contribution in [3.8, 4) is 5.75 Å². The van der Waals surface area contributed by atoms with Gasteiger partial charge in [-0.25, -0.2) is 0 Å². The first kappa shape index (κ1) is 14.9. The molecule has 0 unspecified atom stereocenters. The smallest absolute Gasteiger partial charge is 0.258 e. The monoisotopic (exact) mass is 284 g/mol. The van der Waals surface area contributed by atoms with Crippen LogP contribution in [0.4, 0.5) is 5.69 Å². The van der Waals surface area contributed by atoms with Crippen LogP contribution in [0.3, 0.4) is 0 Å². The van der Waals surface area contributed by atoms with Gasteiger partial charge < -0.3 is 15.7 Å². The van der Waals surface area contributed by atoms with Gasteiger partial charge >= 0.3 is 0 Å². The lowest BCUT2D eigenvalue weighted by molar-refractivity contribution is 0.0688. The van der Waals surface area contributed by atoms with Crippen LogP contribution in [0, 0.1) is 0 Å². The third-order valence-corrected chi connectivity index (χ3v) is 3.41. The highest BCUT2D eigenvalue weighted by atomic mass is 16.3. The van der Waals surface area contributed by atoms with E-state index in [1.54, 1.807) is 23.1 Å². The van der Waals surface area contributed by atoms with Crippen LogP contribution in [0.2, 0.25) is 0 Å². The van der Waals surface area contributed by atoms with Crippen LogP contribution in [-0.2, 0) is 6.54 Å². The van der Waals surface area contributed by atoms with Crippen LogP contribution in [-0.4, -0.2) is 22.0 Å². The van der Waals surface area contributed by atoms with Gasteiger partial charge in [0.1, 0.15) is 5.75 Å². The number of phenols is 1. The number of carbonyl (C=O) groups is 1. The molecule has 110 valence electrons. The Labute approximate surface area is 124 Å². The van der Waals surface area contributed by atoms with E-state index >= 15 is 0 Å². The van der Waals surface area contributed by atoms with Crippen molar-refractivity contribution in [2.45, 2.75) is 26.4 Å². The van der Waals surface area contributed by atoms with Gasteiger partial charge in [-0.1, -0.05) is 30.3 Å². The summed E-state index contributed by atoms with van der Waals surface area (Å²) in [6, 6.07) is 14.1. The molecule has 0 heterocycles. The quantitative estimate of drug-likeness (QED) is 0.848. The van der Waals surface area contributed by atoms with E-state index < -0.39 is 0 Å². The largest absolute Gasteiger partial charge is 0.507 e. The number of carbonyl (C=O) groups excluding carboxylic acids is 1. The van der Waals surface area contributed by atoms with Crippen molar-refractivity contribution in [3.05, 3.63) is 59.7 Å². The van der Waals surface area contributed by atoms with Gasteiger partial charge in [0.2, 0.25) is 0 Å². The molecular formula is C17H20N2O2. The molecule has 0 spiro atoms. The highest BCUT2D eigenvalue weighted by molar-refractivity contribution is 5.97. The van der Waals surface area contributed by atoms with E-state index in [0.29, 0.717) is 17.8 Å². The molecule has 0 radical (unpaired) electrons. The van der Waals surface area contributed by atoms with Crippen molar-refractivity contribution in [2.24, 2.45) is 0 Å². The molecule has 0 fully saturated rings. The summed E-state index contributed by atoms with van der Waals surface area (Å²) in [6.07, 6.45) is 0. The number of phenolic OH excluding ortho intramolecular Hbond substituents is 1. The summed E-state index contributed by atoms with van der Waals surface area (Å²) in [5, 5.41) is 9.86. The molecule has 2 rings (SSSR count). The molecule has 0 aliphatic heterocycles. The van der Waals surface area contributed by atoms with Crippen molar-refractivity contribution >= 4 is 11.6 Å². The summed E-state index contributed by atoms with van der Waals surface area (Å²) in [5.74, 6) is -0.208. The molecule has 2 aromatic carbocycles. The van der Waals surface area contributed by atoms with Gasteiger partial charge in [-0.3, -0.25) is 4.79 Å². The number of benzene rings is 2. The lowest BCUT2D eigenvalue weighted by Crippen LogP contribution is -2.36. The van der Waals surface area contributed by atoms with Crippen LogP contribution < -0.4 is 5.73 Å². The van der Waals surface area contributed by atoms with E-state index in [2.05, 4.69) is 0 Å². The van der Waals surface area contributed by atoms with E-state index in [0.717, 1.165) is 5.56 Å². The number of anilines is 1. The Bertz CT molecular complexity index is 638. The fourth-order valence-corrected chi connectivity index (χ4v) is 2.16. The van der Waals surface area contributed by atoms with Gasteiger partial charge in [-0.05, 0) is 37.6 Å². The topological polar surface area (TPSA) is 66.6 Å². The van der Waals surface area contributed by atoms with Crippen LogP contribution in [0.1, 0.15) is 29.8 Å². The number of nitrogens with two attached hydrogens (primary N) is 1. The minimum Gasteiger partial charge on any atom is -0.507 e. The molecule has 0 aliphatic rings. The zero-order valence-electron chi connectivity index (χ0n) is 12.3. The number of amides is 1. The average Bonchev–Trinajstić information content (AvgIpc) is 2.46. The Morgan fingerprint density at radius 1 is 1.14 bits per heavy atom. The second-order valence-electron chi connectivity index (χ2n) is 5.24. The molecule has 2 aromatic rings. The van der Waals surface area contributed by atoms with Gasteiger partial charge in [-0.2, -0.15) is 0 Å². The molecule has 0 aliphatic carbocycles. The first-order valence-corrected chi connectivity index (χ1v) is 6.93. The number of aromatic hydroxyl groups is 1. The van der Waals surface area contributed by atoms with Gasteiger partial charge in [0.25, 0.3) is 5.91 Å². The van der Waals surface area contributed by atoms with Crippen molar-refractivity contribution in [1.82, 2.24) is 4.90 Å². The summed E-state index contributed by atoms with van der Waals surface area (Å²) >= 11 is 0. The Morgan fingerprint density at radius 2 is 1.76 bits per heavy atom. The summed E-state index contributed by atoms with van der Waals surface area (Å²) in [5.41, 5.74) is 7.82. The van der Waals surface area contributed by atoms with Gasteiger partial charge in [-0.15, -0.1) is 0 Å². The predicted molar refractivity (Wildman–Crippen MR) is 84.0 cm³/mol. The highest BCUT2D eigenvalue weighted by Gasteiger charge is 2.21. The van der Waals surface area contributed by atoms with E-state index in [1.807, 2.05) is 38.1 Å². The van der Waals surface area contributed by atoms with E-state index in [1.165, 1.54) is 6.07 Å². The summed E-state index contributed by atoms with van der Waals surface area (Å²) in [7, 11) is 0. The van der Waals surface area contributed by atoms with Crippen LogP contribution in [0.25, 0.3) is 0 Å². The Balaban J connectivity index is 2.30. The molecule has 1 amide bonds. The maximum Gasteiger partial charge on any atom is 0.258 e. The van der Waals surface area contributed by atoms with Crippen molar-refractivity contribution in [2.75, 3.05) is 5.73 Å². The SMILES string of the molecule is CC(C)N(Cc1ccccc1N)C(=O)c1ccccc1O. The van der Waals surface area contributed by atoms with E-state index in [4.69, 9.17) is 5.73 Å². The number of para-hydroxylation sites is 2. The van der Waals surface area contributed by atoms with Crippen LogP contribution >= 0.6 is 0 Å². The van der Waals surface area contributed by atoms with E-state index in [9.17, 15) is 9.90 Å². The fraction of sp³-hybridized carbons (Fsp3) is 0.235. The van der Waals surface area contributed by atoms with Crippen molar-refractivity contribution < 1.29 is 9.90 Å². The normalized spacial score (nSPS) is 10.6. The average molecular weight is 284 g/mol. The summed E-state index contributed by atoms with van der Waals surface area (Å²) in [6.45, 7) is 4.30. The Morgan fingerprint density at radius 3 is 2.38 bits per heavy atom. The molecule has 0 aromatic heterocycles. The molecule has 4 nitrogen and oxygen atoms in total. The lowest BCUT2D eigenvalue weighted by atomic mass is 10.1. The Kier molecular flexibility index (Phi) is 4.48. The fourth-order valence-electron chi connectivity index (χ4n) is 2.16. The zero-order valence-corrected chi connectivity index (χ0v) is 12.3. The van der Waals surface area contributed by atoms with Gasteiger partial charge in [0.15, 0.2) is 0 Å². The third kappa shape index (κ3) is 3.34. The van der Waals surface area contributed by atoms with Crippen molar-refractivity contribution in [3.63, 3.8) is 0 Å². The second kappa shape index (κ2) is 6.31. The predicted octanol–water partition coefficient (Wildman–Crippen LogP) is 3.03. The maximum atomic E-state index is 12.6. The van der Waals surface area contributed by atoms with E-state index in [-0.39, 0.29) is 17.7 Å². The number of nitrogens with zero attached hydrogens (tertiary/aromatic N) is 1. The first-order valence-electron chi connectivity index (χ1n) is 6.93. The summed E-state index contributed by atoms with van der Waals surface area (Å²) in [4.78, 5) is 14.3. The maximum absolute atomic E-state index is 12.6. The molecule has 4 heteroatoms. The molecule has 21 heavy (non-hydrogen) atoms. The number of rotatable bonds is 4. The second-order valence-corrected chi connectivity index (χ2v) is 5.24. The standard InChI is InChI=1S/C17H20N2O2/c1-12(2)19(11-13-7-3-5-9-15(13)18)17(21)14-8-4-6-10-16(14)20/h3-10,12,20H,11,18H2,1-2H3. The summed E-state index contributed by atoms with van der Waals surface area (Å²) < 4.78 is 0. The molecule has 0 atom stereocenters. The molecule has 3 N–H and O–H groups in total. The van der Waals surface area contributed by atoms with Crippen LogP contribution in [0.5, 0.6) is 5.75 Å². The van der Waals surface area contributed by atoms with Gasteiger partial charge in [0.05, 0.1) is 5.56 Å². The van der Waals surface area contributed by atoms with Crippen molar-refractivity contribution in [1.29, 1.82) is 0 Å². The lowest BCUT2D eigenvalue weighted by Gasteiger charge is -2.27. The highest BCUT2D eigenvalue weighted by Crippen LogP contribution is 2.22. The number of hydrogen-bond acceptors (Lipinski definition) is 3. The molecule has 0 saturated heterocycles. The molecule has 0 saturated carbocycles. The number of hydrogen-bond donors (Lipinski definition) is 2.